The fraction of sp³-hybridized carbons (Fsp3) is 0.0909. The molecule has 0 unspecified atom stereocenters. The fourth-order valence-electron chi connectivity index (χ4n) is 1.39. The second-order valence-corrected chi connectivity index (χ2v) is 3.20. The summed E-state index contributed by atoms with van der Waals surface area (Å²) in [5.41, 5.74) is 1.83. The van der Waals surface area contributed by atoms with Crippen LogP contribution in [0.2, 0.25) is 0 Å². The molecule has 0 aliphatic carbocycles. The van der Waals surface area contributed by atoms with Gasteiger partial charge in [-0.25, -0.2) is 4.79 Å². The van der Waals surface area contributed by atoms with Gasteiger partial charge in [0.2, 0.25) is 0 Å². The lowest BCUT2D eigenvalue weighted by Crippen LogP contribution is -2.00. The number of hydrogen-bond donors (Lipinski definition) is 1. The number of nitrogens with one attached hydrogen (secondary N) is 1. The number of esters is 1. The minimum absolute atomic E-state index is 0.218. The fourth-order valence-corrected chi connectivity index (χ4v) is 1.39. The maximum atomic E-state index is 11.2. The molecule has 2 aromatic rings. The summed E-state index contributed by atoms with van der Waals surface area (Å²) in [5, 5.41) is 18.8. The highest BCUT2D eigenvalue weighted by atomic mass is 16.5. The van der Waals surface area contributed by atoms with E-state index in [-0.39, 0.29) is 5.69 Å². The van der Waals surface area contributed by atoms with Crippen LogP contribution in [0.5, 0.6) is 0 Å². The molecule has 2 rings (SSSR count). The molecule has 0 aliphatic heterocycles. The second kappa shape index (κ2) is 4.45. The molecule has 1 aromatic heterocycles. The number of benzene rings is 1. The summed E-state index contributed by atoms with van der Waals surface area (Å²) < 4.78 is 4.59. The SMILES string of the molecule is COC(=O)c1ccc(-c2n[nH]nc2C#N)cc1. The van der Waals surface area contributed by atoms with E-state index in [1.54, 1.807) is 24.3 Å². The molecule has 0 amide bonds. The molecule has 1 N–H and O–H groups in total. The molecular formula is C11H8N4O2. The van der Waals surface area contributed by atoms with Crippen LogP contribution in [0.25, 0.3) is 11.3 Å². The number of rotatable bonds is 2. The van der Waals surface area contributed by atoms with E-state index in [9.17, 15) is 4.79 Å². The van der Waals surface area contributed by atoms with Gasteiger partial charge in [0.1, 0.15) is 11.8 Å². The molecule has 0 saturated carbocycles. The number of hydrogen-bond acceptors (Lipinski definition) is 5. The standard InChI is InChI=1S/C11H8N4O2/c1-17-11(16)8-4-2-7(3-5-8)10-9(6-12)13-15-14-10/h2-5H,1H3,(H,13,14,15). The topological polar surface area (TPSA) is 91.7 Å². The molecule has 0 bridgehead atoms. The molecule has 17 heavy (non-hydrogen) atoms. The van der Waals surface area contributed by atoms with E-state index in [0.29, 0.717) is 16.8 Å². The zero-order chi connectivity index (χ0) is 12.3. The second-order valence-electron chi connectivity index (χ2n) is 3.20. The molecule has 0 atom stereocenters. The van der Waals surface area contributed by atoms with Gasteiger partial charge in [-0.3, -0.25) is 0 Å². The number of aromatic amines is 1. The van der Waals surface area contributed by atoms with Crippen LogP contribution in [0.4, 0.5) is 0 Å². The van der Waals surface area contributed by atoms with Crippen LogP contribution in [0.3, 0.4) is 0 Å². The number of H-pyrrole nitrogens is 1. The van der Waals surface area contributed by atoms with Crippen molar-refractivity contribution >= 4 is 5.97 Å². The third-order valence-corrected chi connectivity index (χ3v) is 2.23. The predicted molar refractivity (Wildman–Crippen MR) is 57.9 cm³/mol. The van der Waals surface area contributed by atoms with Crippen LogP contribution in [0, 0.1) is 11.3 Å². The minimum Gasteiger partial charge on any atom is -0.465 e. The predicted octanol–water partition coefficient (Wildman–Crippen LogP) is 1.13. The van der Waals surface area contributed by atoms with E-state index < -0.39 is 5.97 Å². The maximum Gasteiger partial charge on any atom is 0.337 e. The summed E-state index contributed by atoms with van der Waals surface area (Å²) >= 11 is 0. The molecule has 1 aromatic carbocycles. The summed E-state index contributed by atoms with van der Waals surface area (Å²) in [6, 6.07) is 8.51. The Bertz CT molecular complexity index is 580. The van der Waals surface area contributed by atoms with Crippen molar-refractivity contribution in [3.63, 3.8) is 0 Å². The van der Waals surface area contributed by atoms with Crippen molar-refractivity contribution in [2.45, 2.75) is 0 Å². The van der Waals surface area contributed by atoms with Crippen LogP contribution < -0.4 is 0 Å². The first-order valence-corrected chi connectivity index (χ1v) is 4.76. The summed E-state index contributed by atoms with van der Waals surface area (Å²) in [4.78, 5) is 11.2. The van der Waals surface area contributed by atoms with Crippen LogP contribution in [0.15, 0.2) is 24.3 Å². The minimum atomic E-state index is -0.405. The van der Waals surface area contributed by atoms with E-state index in [2.05, 4.69) is 20.1 Å². The van der Waals surface area contributed by atoms with Gasteiger partial charge in [0.15, 0.2) is 5.69 Å². The van der Waals surface area contributed by atoms with E-state index in [0.717, 1.165) is 0 Å². The van der Waals surface area contributed by atoms with E-state index in [1.807, 2.05) is 6.07 Å². The summed E-state index contributed by atoms with van der Waals surface area (Å²) in [6.45, 7) is 0. The van der Waals surface area contributed by atoms with Gasteiger partial charge in [0.25, 0.3) is 0 Å². The molecule has 84 valence electrons. The van der Waals surface area contributed by atoms with Gasteiger partial charge < -0.3 is 4.74 Å². The highest BCUT2D eigenvalue weighted by Crippen LogP contribution is 2.19. The Balaban J connectivity index is 2.37. The zero-order valence-corrected chi connectivity index (χ0v) is 8.97. The van der Waals surface area contributed by atoms with Gasteiger partial charge in [0, 0.05) is 5.56 Å². The largest absolute Gasteiger partial charge is 0.465 e. The average Bonchev–Trinajstić information content (AvgIpc) is 2.86. The number of carbonyl (C=O) groups is 1. The molecule has 0 saturated heterocycles. The lowest BCUT2D eigenvalue weighted by atomic mass is 10.1. The van der Waals surface area contributed by atoms with Gasteiger partial charge in [-0.1, -0.05) is 12.1 Å². The van der Waals surface area contributed by atoms with Crippen molar-refractivity contribution in [3.05, 3.63) is 35.5 Å². The molecule has 0 radical (unpaired) electrons. The summed E-state index contributed by atoms with van der Waals surface area (Å²) in [6.07, 6.45) is 0. The van der Waals surface area contributed by atoms with Gasteiger partial charge in [0.05, 0.1) is 12.7 Å². The molecule has 0 aliphatic rings. The van der Waals surface area contributed by atoms with Crippen molar-refractivity contribution in [2.24, 2.45) is 0 Å². The molecule has 6 heteroatoms. The van der Waals surface area contributed by atoms with E-state index >= 15 is 0 Å². The molecule has 0 fully saturated rings. The van der Waals surface area contributed by atoms with Gasteiger partial charge >= 0.3 is 5.97 Å². The summed E-state index contributed by atoms with van der Waals surface area (Å²) in [7, 11) is 1.32. The van der Waals surface area contributed by atoms with Crippen molar-refractivity contribution in [3.8, 4) is 17.3 Å². The Labute approximate surface area is 96.8 Å². The average molecular weight is 228 g/mol. The quantitative estimate of drug-likeness (QED) is 0.778. The lowest BCUT2D eigenvalue weighted by Gasteiger charge is -2.00. The number of aromatic nitrogens is 3. The number of methoxy groups -OCH3 is 1. The molecule has 0 spiro atoms. The highest BCUT2D eigenvalue weighted by Gasteiger charge is 2.11. The first kappa shape index (κ1) is 10.8. The molecule has 1 heterocycles. The first-order valence-electron chi connectivity index (χ1n) is 4.76. The van der Waals surface area contributed by atoms with Crippen LogP contribution in [-0.2, 0) is 4.74 Å². The van der Waals surface area contributed by atoms with Crippen molar-refractivity contribution < 1.29 is 9.53 Å². The van der Waals surface area contributed by atoms with Gasteiger partial charge in [-0.15, -0.1) is 5.10 Å². The maximum absolute atomic E-state index is 11.2. The third kappa shape index (κ3) is 1.99. The Morgan fingerprint density at radius 3 is 2.65 bits per heavy atom. The van der Waals surface area contributed by atoms with Crippen LogP contribution >= 0.6 is 0 Å². The Morgan fingerprint density at radius 1 is 1.35 bits per heavy atom. The number of carbonyl (C=O) groups excluding carboxylic acids is 1. The Hall–Kier alpha value is -2.68. The van der Waals surface area contributed by atoms with Crippen molar-refractivity contribution in [1.29, 1.82) is 5.26 Å². The molecule has 6 nitrogen and oxygen atoms in total. The first-order chi connectivity index (χ1) is 8.26. The van der Waals surface area contributed by atoms with E-state index in [4.69, 9.17) is 5.26 Å². The Kier molecular flexibility index (Phi) is 2.83. The molecular weight excluding hydrogens is 220 g/mol. The Morgan fingerprint density at radius 2 is 2.06 bits per heavy atom. The third-order valence-electron chi connectivity index (χ3n) is 2.23. The van der Waals surface area contributed by atoms with Crippen LogP contribution in [0.1, 0.15) is 16.1 Å². The zero-order valence-electron chi connectivity index (χ0n) is 8.97. The number of nitriles is 1. The van der Waals surface area contributed by atoms with Crippen molar-refractivity contribution in [2.75, 3.05) is 7.11 Å². The number of ether oxygens (including phenoxy) is 1. The van der Waals surface area contributed by atoms with E-state index in [1.165, 1.54) is 7.11 Å². The smallest absolute Gasteiger partial charge is 0.337 e. The normalized spacial score (nSPS) is 9.65. The lowest BCUT2D eigenvalue weighted by molar-refractivity contribution is 0.0601. The van der Waals surface area contributed by atoms with Gasteiger partial charge in [-0.2, -0.15) is 15.6 Å². The van der Waals surface area contributed by atoms with Gasteiger partial charge in [-0.05, 0) is 12.1 Å². The number of nitrogens with zero attached hydrogens (tertiary/aromatic N) is 3. The van der Waals surface area contributed by atoms with Crippen LogP contribution in [-0.4, -0.2) is 28.5 Å². The highest BCUT2D eigenvalue weighted by molar-refractivity contribution is 5.89. The summed E-state index contributed by atoms with van der Waals surface area (Å²) in [5.74, 6) is -0.405. The monoisotopic (exact) mass is 228 g/mol. The van der Waals surface area contributed by atoms with Crippen molar-refractivity contribution in [1.82, 2.24) is 15.4 Å².